The summed E-state index contributed by atoms with van der Waals surface area (Å²) in [6.45, 7) is 7.04. The van der Waals surface area contributed by atoms with Crippen molar-refractivity contribution in [2.24, 2.45) is 11.8 Å². The van der Waals surface area contributed by atoms with E-state index in [2.05, 4.69) is 13.8 Å². The van der Waals surface area contributed by atoms with Gasteiger partial charge in [-0.25, -0.2) is 8.42 Å². The van der Waals surface area contributed by atoms with E-state index >= 15 is 0 Å². The van der Waals surface area contributed by atoms with Crippen molar-refractivity contribution in [2.75, 3.05) is 13.1 Å². The molecule has 0 spiro atoms. The van der Waals surface area contributed by atoms with Crippen molar-refractivity contribution in [1.29, 1.82) is 0 Å². The SMILES string of the molecule is Cc1sc(CO)cc1S(=O)(=O)N1CC(C)C(C)C1. The molecule has 0 bridgehead atoms. The van der Waals surface area contributed by atoms with Gasteiger partial charge in [-0.3, -0.25) is 0 Å². The Kier molecular flexibility index (Phi) is 3.82. The molecule has 2 unspecified atom stereocenters. The van der Waals surface area contributed by atoms with E-state index in [-0.39, 0.29) is 6.61 Å². The van der Waals surface area contributed by atoms with Crippen LogP contribution in [0.4, 0.5) is 0 Å². The highest BCUT2D eigenvalue weighted by Gasteiger charge is 2.36. The van der Waals surface area contributed by atoms with Crippen LogP contribution < -0.4 is 0 Å². The number of rotatable bonds is 3. The molecule has 102 valence electrons. The average Bonchev–Trinajstić information content (AvgIpc) is 2.84. The van der Waals surface area contributed by atoms with Crippen molar-refractivity contribution in [3.63, 3.8) is 0 Å². The lowest BCUT2D eigenvalue weighted by Crippen LogP contribution is -2.29. The summed E-state index contributed by atoms with van der Waals surface area (Å²) in [7, 11) is -3.39. The second-order valence-corrected chi connectivity index (χ2v) is 8.32. The molecule has 0 saturated carbocycles. The number of sulfonamides is 1. The minimum Gasteiger partial charge on any atom is -0.391 e. The quantitative estimate of drug-likeness (QED) is 0.923. The van der Waals surface area contributed by atoms with Gasteiger partial charge in [0.05, 0.1) is 11.5 Å². The summed E-state index contributed by atoms with van der Waals surface area (Å²) in [5.41, 5.74) is 0. The van der Waals surface area contributed by atoms with Gasteiger partial charge in [0.2, 0.25) is 10.0 Å². The summed E-state index contributed by atoms with van der Waals surface area (Å²) in [5, 5.41) is 9.09. The number of aliphatic hydroxyl groups is 1. The Balaban J connectivity index is 2.34. The molecule has 0 amide bonds. The highest BCUT2D eigenvalue weighted by molar-refractivity contribution is 7.89. The summed E-state index contributed by atoms with van der Waals surface area (Å²) < 4.78 is 26.6. The topological polar surface area (TPSA) is 57.6 Å². The normalized spacial score (nSPS) is 25.8. The van der Waals surface area contributed by atoms with Crippen LogP contribution in [0.1, 0.15) is 23.6 Å². The third kappa shape index (κ3) is 2.34. The number of hydrogen-bond donors (Lipinski definition) is 1. The van der Waals surface area contributed by atoms with Crippen molar-refractivity contribution >= 4 is 21.4 Å². The molecule has 1 aromatic rings. The zero-order valence-corrected chi connectivity index (χ0v) is 12.5. The fraction of sp³-hybridized carbons (Fsp3) is 0.667. The smallest absolute Gasteiger partial charge is 0.244 e. The van der Waals surface area contributed by atoms with Gasteiger partial charge in [0.1, 0.15) is 0 Å². The van der Waals surface area contributed by atoms with Crippen molar-refractivity contribution < 1.29 is 13.5 Å². The van der Waals surface area contributed by atoms with E-state index in [1.807, 2.05) is 0 Å². The predicted molar refractivity (Wildman–Crippen MR) is 72.1 cm³/mol. The van der Waals surface area contributed by atoms with Gasteiger partial charge in [-0.05, 0) is 24.8 Å². The molecule has 0 aromatic carbocycles. The van der Waals surface area contributed by atoms with Crippen LogP contribution >= 0.6 is 11.3 Å². The summed E-state index contributed by atoms with van der Waals surface area (Å²) in [4.78, 5) is 1.82. The molecule has 4 nitrogen and oxygen atoms in total. The van der Waals surface area contributed by atoms with E-state index in [9.17, 15) is 8.42 Å². The van der Waals surface area contributed by atoms with Gasteiger partial charge in [-0.2, -0.15) is 4.31 Å². The minimum atomic E-state index is -3.39. The minimum absolute atomic E-state index is 0.103. The number of aryl methyl sites for hydroxylation is 1. The zero-order valence-electron chi connectivity index (χ0n) is 10.9. The van der Waals surface area contributed by atoms with Gasteiger partial charge in [0.15, 0.2) is 0 Å². The maximum Gasteiger partial charge on any atom is 0.244 e. The van der Waals surface area contributed by atoms with E-state index in [1.54, 1.807) is 17.3 Å². The van der Waals surface area contributed by atoms with E-state index in [0.29, 0.717) is 34.7 Å². The Bertz CT molecular complexity index is 526. The summed E-state index contributed by atoms with van der Waals surface area (Å²) in [5.74, 6) is 0.798. The Hall–Kier alpha value is -0.430. The van der Waals surface area contributed by atoms with Crippen molar-refractivity contribution in [1.82, 2.24) is 4.31 Å². The molecule has 1 aliphatic heterocycles. The first-order chi connectivity index (χ1) is 8.36. The molecule has 18 heavy (non-hydrogen) atoms. The molecule has 1 fully saturated rings. The molecular formula is C12H19NO3S2. The van der Waals surface area contributed by atoms with Crippen LogP contribution in [-0.2, 0) is 16.6 Å². The van der Waals surface area contributed by atoms with Gasteiger partial charge in [-0.15, -0.1) is 11.3 Å². The molecule has 1 saturated heterocycles. The second kappa shape index (κ2) is 4.92. The Morgan fingerprint density at radius 1 is 1.39 bits per heavy atom. The maximum atomic E-state index is 12.5. The maximum absolute atomic E-state index is 12.5. The van der Waals surface area contributed by atoms with Crippen LogP contribution in [0.25, 0.3) is 0 Å². The average molecular weight is 289 g/mol. The van der Waals surface area contributed by atoms with Crippen LogP contribution in [-0.4, -0.2) is 30.9 Å². The third-order valence-electron chi connectivity index (χ3n) is 3.65. The highest BCUT2D eigenvalue weighted by atomic mass is 32.2. The van der Waals surface area contributed by atoms with Crippen LogP contribution in [0.2, 0.25) is 0 Å². The predicted octanol–water partition coefficient (Wildman–Crippen LogP) is 1.83. The third-order valence-corrected chi connectivity index (χ3v) is 6.77. The van der Waals surface area contributed by atoms with Gasteiger partial charge >= 0.3 is 0 Å². The van der Waals surface area contributed by atoms with Crippen LogP contribution in [0, 0.1) is 18.8 Å². The van der Waals surface area contributed by atoms with Gasteiger partial charge in [-0.1, -0.05) is 13.8 Å². The molecule has 1 aliphatic rings. The second-order valence-electron chi connectivity index (χ2n) is 5.07. The Morgan fingerprint density at radius 2 is 1.94 bits per heavy atom. The first-order valence-electron chi connectivity index (χ1n) is 6.06. The summed E-state index contributed by atoms with van der Waals surface area (Å²) in [6.07, 6.45) is 0. The molecule has 1 N–H and O–H groups in total. The molecule has 0 radical (unpaired) electrons. The highest BCUT2D eigenvalue weighted by Crippen LogP contribution is 2.32. The fourth-order valence-corrected chi connectivity index (χ4v) is 5.38. The van der Waals surface area contributed by atoms with Gasteiger partial charge in [0, 0.05) is 22.8 Å². The molecule has 2 rings (SSSR count). The van der Waals surface area contributed by atoms with Crippen molar-refractivity contribution in [3.05, 3.63) is 15.8 Å². The summed E-state index contributed by atoms with van der Waals surface area (Å²) >= 11 is 1.35. The first-order valence-corrected chi connectivity index (χ1v) is 8.32. The number of nitrogens with zero attached hydrogens (tertiary/aromatic N) is 1. The Morgan fingerprint density at radius 3 is 2.39 bits per heavy atom. The standard InChI is InChI=1S/C12H19NO3S2/c1-8-5-13(6-9(8)2)18(15,16)12-4-11(7-14)17-10(12)3/h4,8-9,14H,5-7H2,1-3H3. The lowest BCUT2D eigenvalue weighted by Gasteiger charge is -2.15. The summed E-state index contributed by atoms with van der Waals surface area (Å²) in [6, 6.07) is 1.60. The first kappa shape index (κ1) is 14.0. The number of thiophene rings is 1. The molecule has 6 heteroatoms. The monoisotopic (exact) mass is 289 g/mol. The Labute approximate surface area is 112 Å². The van der Waals surface area contributed by atoms with Crippen LogP contribution in [0.3, 0.4) is 0 Å². The van der Waals surface area contributed by atoms with Gasteiger partial charge < -0.3 is 5.11 Å². The number of hydrogen-bond acceptors (Lipinski definition) is 4. The lowest BCUT2D eigenvalue weighted by atomic mass is 10.0. The van der Waals surface area contributed by atoms with Gasteiger partial charge in [0.25, 0.3) is 0 Å². The van der Waals surface area contributed by atoms with E-state index < -0.39 is 10.0 Å². The van der Waals surface area contributed by atoms with Crippen molar-refractivity contribution in [3.8, 4) is 0 Å². The van der Waals surface area contributed by atoms with Crippen LogP contribution in [0.15, 0.2) is 11.0 Å². The molecule has 0 aliphatic carbocycles. The molecule has 2 heterocycles. The van der Waals surface area contributed by atoms with E-state index in [0.717, 1.165) is 4.88 Å². The molecule has 2 atom stereocenters. The van der Waals surface area contributed by atoms with E-state index in [1.165, 1.54) is 11.3 Å². The fourth-order valence-electron chi connectivity index (χ4n) is 2.27. The lowest BCUT2D eigenvalue weighted by molar-refractivity contribution is 0.285. The van der Waals surface area contributed by atoms with E-state index in [4.69, 9.17) is 5.11 Å². The molecular weight excluding hydrogens is 270 g/mol. The van der Waals surface area contributed by atoms with Crippen LogP contribution in [0.5, 0.6) is 0 Å². The molecule has 1 aromatic heterocycles. The van der Waals surface area contributed by atoms with Crippen molar-refractivity contribution in [2.45, 2.75) is 32.3 Å². The largest absolute Gasteiger partial charge is 0.391 e. The number of aliphatic hydroxyl groups excluding tert-OH is 1. The zero-order chi connectivity index (χ0) is 13.5.